The number of H-pyrrole nitrogens is 2. The number of carbonyl (C=O) groups excluding carboxylic acids is 1. The van der Waals surface area contributed by atoms with Gasteiger partial charge in [0.05, 0.1) is 6.04 Å². The lowest BCUT2D eigenvalue weighted by atomic mass is 9.93. The first-order valence-corrected chi connectivity index (χ1v) is 8.61. The zero-order chi connectivity index (χ0) is 19.0. The van der Waals surface area contributed by atoms with Crippen molar-refractivity contribution in [1.82, 2.24) is 15.3 Å². The third-order valence-electron chi connectivity index (χ3n) is 4.93. The molecule has 0 unspecified atom stereocenters. The summed E-state index contributed by atoms with van der Waals surface area (Å²) in [5.41, 5.74) is 6.93. The Balaban J connectivity index is 1.67. The Labute approximate surface area is 154 Å². The number of amides is 1. The van der Waals surface area contributed by atoms with E-state index in [4.69, 9.17) is 5.73 Å². The molecule has 0 saturated heterocycles. The van der Waals surface area contributed by atoms with Crippen LogP contribution in [0.5, 0.6) is 0 Å². The molecule has 3 aromatic rings. The van der Waals surface area contributed by atoms with Crippen molar-refractivity contribution < 1.29 is 4.79 Å². The van der Waals surface area contributed by atoms with E-state index in [1.54, 1.807) is 0 Å². The molecule has 7 heteroatoms. The summed E-state index contributed by atoms with van der Waals surface area (Å²) in [6, 6.07) is 17.8. The first kappa shape index (κ1) is 16.8. The van der Waals surface area contributed by atoms with Crippen LogP contribution in [0.25, 0.3) is 0 Å². The van der Waals surface area contributed by atoms with Gasteiger partial charge in [-0.1, -0.05) is 54.6 Å². The second-order valence-corrected chi connectivity index (χ2v) is 6.55. The van der Waals surface area contributed by atoms with Gasteiger partial charge in [-0.25, -0.2) is 4.79 Å². The summed E-state index contributed by atoms with van der Waals surface area (Å²) in [7, 11) is 0. The molecule has 7 nitrogen and oxygen atoms in total. The van der Waals surface area contributed by atoms with E-state index in [0.29, 0.717) is 6.42 Å². The van der Waals surface area contributed by atoms with Gasteiger partial charge in [-0.05, 0) is 23.1 Å². The van der Waals surface area contributed by atoms with Gasteiger partial charge in [-0.2, -0.15) is 0 Å². The van der Waals surface area contributed by atoms with Crippen molar-refractivity contribution in [2.24, 2.45) is 0 Å². The maximum absolute atomic E-state index is 12.7. The molecule has 1 heterocycles. The van der Waals surface area contributed by atoms with Crippen LogP contribution in [0.1, 0.15) is 45.6 Å². The van der Waals surface area contributed by atoms with Crippen LogP contribution < -0.4 is 22.3 Å². The van der Waals surface area contributed by atoms with Crippen LogP contribution in [0.2, 0.25) is 0 Å². The van der Waals surface area contributed by atoms with Crippen LogP contribution in [-0.2, 0) is 0 Å². The summed E-state index contributed by atoms with van der Waals surface area (Å²) in [4.78, 5) is 40.1. The highest BCUT2D eigenvalue weighted by Crippen LogP contribution is 2.43. The van der Waals surface area contributed by atoms with Gasteiger partial charge in [-0.3, -0.25) is 14.6 Å². The van der Waals surface area contributed by atoms with Crippen LogP contribution in [0.3, 0.4) is 0 Å². The van der Waals surface area contributed by atoms with Crippen LogP contribution in [0.15, 0.2) is 64.2 Å². The predicted octanol–water partition coefficient (Wildman–Crippen LogP) is 1.65. The molecule has 0 saturated carbocycles. The maximum Gasteiger partial charge on any atom is 0.326 e. The van der Waals surface area contributed by atoms with Gasteiger partial charge in [-0.15, -0.1) is 0 Å². The summed E-state index contributed by atoms with van der Waals surface area (Å²) in [6.07, 6.45) is 0.683. The minimum absolute atomic E-state index is 0.156. The lowest BCUT2D eigenvalue weighted by Gasteiger charge is -2.15. The van der Waals surface area contributed by atoms with Gasteiger partial charge in [0.2, 0.25) is 0 Å². The molecule has 1 aliphatic rings. The normalized spacial score (nSPS) is 18.1. The number of anilines is 1. The Kier molecular flexibility index (Phi) is 4.12. The van der Waals surface area contributed by atoms with Gasteiger partial charge < -0.3 is 16.0 Å². The van der Waals surface area contributed by atoms with Crippen molar-refractivity contribution in [3.8, 4) is 0 Å². The van der Waals surface area contributed by atoms with E-state index in [0.717, 1.165) is 11.1 Å². The number of nitrogen functional groups attached to an aromatic ring is 1. The molecule has 5 N–H and O–H groups in total. The fourth-order valence-corrected chi connectivity index (χ4v) is 3.68. The van der Waals surface area contributed by atoms with Crippen LogP contribution in [-0.4, -0.2) is 15.9 Å². The van der Waals surface area contributed by atoms with E-state index < -0.39 is 17.2 Å². The number of aromatic nitrogens is 2. The number of aromatic amines is 2. The number of benzene rings is 2. The Hall–Kier alpha value is -3.61. The molecule has 0 radical (unpaired) electrons. The van der Waals surface area contributed by atoms with Gasteiger partial charge >= 0.3 is 5.69 Å². The number of fused-ring (bicyclic) bond motifs is 1. The fraction of sp³-hybridized carbons (Fsp3) is 0.150. The monoisotopic (exact) mass is 362 g/mol. The largest absolute Gasteiger partial charge is 0.392 e. The maximum atomic E-state index is 12.7. The molecule has 2 atom stereocenters. The molecule has 0 spiro atoms. The van der Waals surface area contributed by atoms with E-state index in [1.807, 2.05) is 41.4 Å². The Bertz CT molecular complexity index is 1120. The Morgan fingerprint density at radius 3 is 2.37 bits per heavy atom. The predicted molar refractivity (Wildman–Crippen MR) is 102 cm³/mol. The molecule has 27 heavy (non-hydrogen) atoms. The highest BCUT2D eigenvalue weighted by atomic mass is 16.2. The Morgan fingerprint density at radius 2 is 1.63 bits per heavy atom. The topological polar surface area (TPSA) is 121 Å². The third kappa shape index (κ3) is 3.03. The summed E-state index contributed by atoms with van der Waals surface area (Å²) < 4.78 is 0. The van der Waals surface area contributed by atoms with Crippen molar-refractivity contribution >= 4 is 11.6 Å². The number of nitrogens with two attached hydrogens (primary N) is 1. The summed E-state index contributed by atoms with van der Waals surface area (Å²) in [6.45, 7) is 0. The highest BCUT2D eigenvalue weighted by molar-refractivity contribution is 5.97. The average Bonchev–Trinajstić information content (AvgIpc) is 3.04. The minimum Gasteiger partial charge on any atom is -0.392 e. The van der Waals surface area contributed by atoms with E-state index in [9.17, 15) is 14.4 Å². The molecule has 1 aromatic heterocycles. The lowest BCUT2D eigenvalue weighted by molar-refractivity contribution is 0.0931. The lowest BCUT2D eigenvalue weighted by Crippen LogP contribution is -2.35. The van der Waals surface area contributed by atoms with Crippen molar-refractivity contribution in [2.45, 2.75) is 18.4 Å². The average molecular weight is 362 g/mol. The van der Waals surface area contributed by atoms with Crippen LogP contribution >= 0.6 is 0 Å². The minimum atomic E-state index is -0.780. The summed E-state index contributed by atoms with van der Waals surface area (Å²) in [5, 5.41) is 2.90. The highest BCUT2D eigenvalue weighted by Gasteiger charge is 2.33. The van der Waals surface area contributed by atoms with Crippen molar-refractivity contribution in [1.29, 1.82) is 0 Å². The number of hydrogen-bond donors (Lipinski definition) is 4. The van der Waals surface area contributed by atoms with E-state index in [-0.39, 0.29) is 23.3 Å². The summed E-state index contributed by atoms with van der Waals surface area (Å²) in [5.74, 6) is -0.424. The van der Waals surface area contributed by atoms with Crippen molar-refractivity contribution in [2.75, 3.05) is 5.73 Å². The molecule has 0 aliphatic heterocycles. The smallest absolute Gasteiger partial charge is 0.326 e. The fourth-order valence-electron chi connectivity index (χ4n) is 3.68. The standard InChI is InChI=1S/C20H18N4O3/c21-16-17(23-20(27)24-18(16)25)19(26)22-15-10-14(11-6-2-1-3-7-11)12-8-4-5-9-13(12)15/h1-9,14-15H,10,21H2,(H,22,26)(H2,23,24,25,27)/t14-,15+/m0/s1. The zero-order valence-electron chi connectivity index (χ0n) is 14.4. The van der Waals surface area contributed by atoms with E-state index >= 15 is 0 Å². The quantitative estimate of drug-likeness (QED) is 0.566. The molecular formula is C20H18N4O3. The zero-order valence-corrected chi connectivity index (χ0v) is 14.4. The number of nitrogens with one attached hydrogen (secondary N) is 3. The molecule has 4 rings (SSSR count). The van der Waals surface area contributed by atoms with Gasteiger partial charge in [0, 0.05) is 5.92 Å². The third-order valence-corrected chi connectivity index (χ3v) is 4.93. The van der Waals surface area contributed by atoms with E-state index in [1.165, 1.54) is 5.56 Å². The number of carbonyl (C=O) groups is 1. The van der Waals surface area contributed by atoms with Crippen LogP contribution in [0, 0.1) is 0 Å². The molecule has 0 bridgehead atoms. The van der Waals surface area contributed by atoms with Gasteiger partial charge in [0.25, 0.3) is 11.5 Å². The molecule has 0 fully saturated rings. The first-order valence-electron chi connectivity index (χ1n) is 8.61. The molecular weight excluding hydrogens is 344 g/mol. The van der Waals surface area contributed by atoms with Crippen molar-refractivity contribution in [3.05, 3.63) is 97.8 Å². The van der Waals surface area contributed by atoms with Crippen LogP contribution in [0.4, 0.5) is 5.69 Å². The molecule has 136 valence electrons. The molecule has 2 aromatic carbocycles. The second-order valence-electron chi connectivity index (χ2n) is 6.55. The summed E-state index contributed by atoms with van der Waals surface area (Å²) >= 11 is 0. The number of hydrogen-bond acceptors (Lipinski definition) is 4. The SMILES string of the molecule is Nc1c(C(=O)N[C@@H]2C[C@@H](c3ccccc3)c3ccccc32)[nH]c(=O)[nH]c1=O. The Morgan fingerprint density at radius 1 is 0.963 bits per heavy atom. The first-order chi connectivity index (χ1) is 13.0. The van der Waals surface area contributed by atoms with E-state index in [2.05, 4.69) is 28.5 Å². The van der Waals surface area contributed by atoms with Crippen molar-refractivity contribution in [3.63, 3.8) is 0 Å². The van der Waals surface area contributed by atoms with Gasteiger partial charge in [0.15, 0.2) is 0 Å². The molecule has 1 aliphatic carbocycles. The number of rotatable bonds is 3. The second kappa shape index (κ2) is 6.60. The van der Waals surface area contributed by atoms with Gasteiger partial charge in [0.1, 0.15) is 11.4 Å². The molecule has 1 amide bonds.